The topological polar surface area (TPSA) is 515 Å². The fraction of sp³-hybridized carbons (Fsp3) is 0.684. The van der Waals surface area contributed by atoms with Crippen molar-refractivity contribution in [3.05, 3.63) is 0 Å². The summed E-state index contributed by atoms with van der Waals surface area (Å²) in [5, 5.41) is 77.7. The predicted molar refractivity (Wildman–Crippen MR) is 300 cm³/mol. The zero-order valence-electron chi connectivity index (χ0n) is 54.5. The molecule has 0 aliphatic rings. The standard InChI is InChI=1S/C29H45N2O13P.C28H42N2O13.3Na/c1-5-18(6-10-24(35)30-20(28(40)41)8-12-26(37)38)23(34)14-16(2)22(33)15-19(17(3)32)7-11-25(36)31-21(29(42)43)9-13-27(39)44-45-4;1-4-17(5-9-23(34)29-19(27(40)41)7-11-25(36)37)22(33)13-15(2)21(32)14-18(16(3)31)6-10-24(35)30-20(28(42)43)8-12-26(38)39;;;/h16,18-21,45H,5-15H2,1-4H3,(H,30,35)(H,31,36)(H,37,38)(H,40,41)(H,42,43);15,17-20H,4-14H2,1-3H3,(H,29,34)(H,30,35)(H,36,37)(H,38,39)(H,40,41)(H,42,43);;;/q;;3*+1/p-3/i45T;;;;. The Hall–Kier alpha value is -4.91. The van der Waals surface area contributed by atoms with Gasteiger partial charge in [-0.15, -0.1) is 0 Å². The summed E-state index contributed by atoms with van der Waals surface area (Å²) in [5.74, 6) is -20.4. The van der Waals surface area contributed by atoms with E-state index in [1.165, 1.54) is 34.4 Å². The van der Waals surface area contributed by atoms with E-state index >= 15 is 0 Å². The monoisotopic (exact) mass is 1340 g/mol. The van der Waals surface area contributed by atoms with Crippen molar-refractivity contribution in [2.75, 3.05) is 6.66 Å². The van der Waals surface area contributed by atoms with E-state index in [2.05, 4.69) is 25.8 Å². The van der Waals surface area contributed by atoms with Gasteiger partial charge in [0.2, 0.25) is 23.6 Å². The zero-order chi connectivity index (χ0) is 68.8. The zero-order valence-corrected chi connectivity index (χ0v) is 60.4. The summed E-state index contributed by atoms with van der Waals surface area (Å²) in [7, 11) is -1.73. The molecule has 0 aromatic carbocycles. The molecular weight excluding hydrogens is 1260 g/mol. The fourth-order valence-corrected chi connectivity index (χ4v) is 8.94. The van der Waals surface area contributed by atoms with Crippen LogP contribution in [-0.4, -0.2) is 159 Å². The number of carboxylic acids is 7. The average molecular weight is 1340 g/mol. The van der Waals surface area contributed by atoms with Crippen LogP contribution in [0.1, 0.15) is 183 Å². The van der Waals surface area contributed by atoms with E-state index in [1.807, 2.05) is 0 Å². The second kappa shape index (κ2) is 52.5. The van der Waals surface area contributed by atoms with Gasteiger partial charge in [-0.25, -0.2) is 9.59 Å². The molecule has 0 saturated heterocycles. The smallest absolute Gasteiger partial charge is 0.550 e. The van der Waals surface area contributed by atoms with Crippen molar-refractivity contribution in [2.45, 2.75) is 207 Å². The quantitative estimate of drug-likeness (QED) is 0.0207. The Labute approximate surface area is 596 Å². The molecule has 91 heavy (non-hydrogen) atoms. The van der Waals surface area contributed by atoms with Gasteiger partial charge in [-0.2, -0.15) is 0 Å². The summed E-state index contributed by atoms with van der Waals surface area (Å²) in [6.07, 6.45) is -4.46. The first-order valence-corrected chi connectivity index (χ1v) is 29.8. The molecule has 8 N–H and O–H groups in total. The number of nitrogens with one attached hydrogen (secondary N) is 4. The van der Waals surface area contributed by atoms with Gasteiger partial charge in [0, 0.05) is 112 Å². The van der Waals surface area contributed by atoms with E-state index < -0.39 is 183 Å². The normalized spacial score (nSPS) is 14.3. The molecule has 496 valence electrons. The first kappa shape index (κ1) is 92.5. The molecule has 11 atom stereocenters. The molecule has 34 heteroatoms. The molecule has 0 fully saturated rings. The number of aliphatic carboxylic acids is 7. The maximum Gasteiger partial charge on any atom is 1.00 e. The number of carbonyl (C=O) groups excluding carboxylic acids is 14. The molecule has 0 aromatic rings. The van der Waals surface area contributed by atoms with E-state index in [0.29, 0.717) is 12.8 Å². The van der Waals surface area contributed by atoms with E-state index in [4.69, 9.17) is 16.6 Å². The minimum absolute atomic E-state index is 0. The van der Waals surface area contributed by atoms with Crippen LogP contribution in [0.4, 0.5) is 0 Å². The van der Waals surface area contributed by atoms with E-state index in [0.717, 1.165) is 0 Å². The van der Waals surface area contributed by atoms with Crippen molar-refractivity contribution >= 4 is 115 Å². The van der Waals surface area contributed by atoms with Gasteiger partial charge in [-0.05, 0) is 91.1 Å². The Morgan fingerprint density at radius 1 is 0.418 bits per heavy atom. The molecule has 0 aliphatic carbocycles. The summed E-state index contributed by atoms with van der Waals surface area (Å²) in [6, 6.07) is -5.85. The van der Waals surface area contributed by atoms with Crippen LogP contribution in [0.5, 0.6) is 0 Å². The van der Waals surface area contributed by atoms with Crippen LogP contribution < -0.4 is 125 Å². The molecule has 0 rings (SSSR count). The van der Waals surface area contributed by atoms with Gasteiger partial charge < -0.3 is 75.9 Å². The molecule has 0 saturated carbocycles. The second-order valence-corrected chi connectivity index (χ2v) is 21.8. The van der Waals surface area contributed by atoms with Crippen LogP contribution in [0.25, 0.3) is 0 Å². The molecule has 0 radical (unpaired) electrons. The summed E-state index contributed by atoms with van der Waals surface area (Å²) in [5.41, 5.74) is 0. The van der Waals surface area contributed by atoms with Gasteiger partial charge in [0.25, 0.3) is 0 Å². The SMILES string of the molecule is CCC(CCC(=O)NC(CCC(=O)O)C(=O)O)C(=O)CC(C)C(=O)CC(CCC(=O)NC(CCC(=O)O)C(=O)O)C(C)=O.[3H]P(C)OC(=O)CCC(NC(=O)CCC(CC(=O)C(C)CC(=O)C(CC)CCC(=O)NC(CCC(=O)[O-])C(=O)[O-])C(C)=O)C(=O)[O-].[Na+].[Na+].[Na+]. The van der Waals surface area contributed by atoms with E-state index in [-0.39, 0.29) is 209 Å². The van der Waals surface area contributed by atoms with Gasteiger partial charge in [-0.3, -0.25) is 62.3 Å². The number of hydrogen-bond acceptors (Lipinski definition) is 22. The largest absolute Gasteiger partial charge is 1.00 e. The van der Waals surface area contributed by atoms with Crippen LogP contribution in [0.3, 0.4) is 0 Å². The summed E-state index contributed by atoms with van der Waals surface area (Å²) in [6.45, 7) is 10.3. The molecular formula is C57H84N4Na3O26P. The third kappa shape index (κ3) is 45.1. The number of Topliss-reactive ketones (excluding diaryl/α,β-unsaturated/α-hetero) is 6. The van der Waals surface area contributed by atoms with Gasteiger partial charge in [0.05, 0.1) is 32.8 Å². The molecule has 0 spiro atoms. The van der Waals surface area contributed by atoms with Crippen molar-refractivity contribution in [3.8, 4) is 0 Å². The Balaban J connectivity index is -0.000000532. The summed E-state index contributed by atoms with van der Waals surface area (Å²) >= 11 is 0. The molecule has 0 bridgehead atoms. The van der Waals surface area contributed by atoms with E-state index in [1.54, 1.807) is 13.8 Å². The molecule has 0 heterocycles. The van der Waals surface area contributed by atoms with Gasteiger partial charge in [0.15, 0.2) is 0 Å². The maximum atomic E-state index is 12.9. The molecule has 0 aliphatic heterocycles. The number of hydrogen-bond donors (Lipinski definition) is 8. The van der Waals surface area contributed by atoms with Crippen molar-refractivity contribution < 1.29 is 215 Å². The molecule has 11 unspecified atom stereocenters. The number of rotatable bonds is 49. The Bertz CT molecular complexity index is 2540. The van der Waals surface area contributed by atoms with Crippen molar-refractivity contribution in [2.24, 2.45) is 35.5 Å². The van der Waals surface area contributed by atoms with E-state index in [9.17, 15) is 107 Å². The first-order chi connectivity index (χ1) is 41.3. The van der Waals surface area contributed by atoms with Gasteiger partial charge >= 0.3 is 119 Å². The maximum absolute atomic E-state index is 12.9. The Morgan fingerprint density at radius 2 is 0.703 bits per heavy atom. The van der Waals surface area contributed by atoms with Gasteiger partial charge in [-0.1, -0.05) is 27.7 Å². The van der Waals surface area contributed by atoms with Crippen LogP contribution in [0.2, 0.25) is 0 Å². The van der Waals surface area contributed by atoms with Crippen molar-refractivity contribution in [1.82, 2.24) is 21.3 Å². The second-order valence-electron chi connectivity index (χ2n) is 21.2. The van der Waals surface area contributed by atoms with Crippen LogP contribution >= 0.6 is 8.75 Å². The third-order valence-electron chi connectivity index (χ3n) is 14.2. The summed E-state index contributed by atoms with van der Waals surface area (Å²) in [4.78, 5) is 213. The number of ketones is 6. The number of amides is 4. The minimum atomic E-state index is -1.73. The average Bonchev–Trinajstić information content (AvgIpc) is 2.11. The van der Waals surface area contributed by atoms with Crippen molar-refractivity contribution in [1.29, 1.82) is 1.28 Å². The molecule has 30 nitrogen and oxygen atoms in total. The van der Waals surface area contributed by atoms with Crippen LogP contribution in [-0.2, 0) is 90.8 Å². The summed E-state index contributed by atoms with van der Waals surface area (Å²) < 4.78 is 11.9. The van der Waals surface area contributed by atoms with Crippen molar-refractivity contribution in [3.63, 3.8) is 0 Å². The minimum Gasteiger partial charge on any atom is -0.550 e. The number of carboxylic acid groups (broad SMARTS) is 7. The fourth-order valence-electron chi connectivity index (χ4n) is 8.64. The van der Waals surface area contributed by atoms with Gasteiger partial charge in [0.1, 0.15) is 48.1 Å². The Kier molecular flexibility index (Phi) is 53.3. The third-order valence-corrected chi connectivity index (χ3v) is 14.6. The number of carbonyl (C=O) groups is 18. The first-order valence-electron chi connectivity index (χ1n) is 29.0. The molecule has 0 aromatic heterocycles. The van der Waals surface area contributed by atoms with Crippen LogP contribution in [0, 0.1) is 35.5 Å². The molecule has 4 amide bonds. The van der Waals surface area contributed by atoms with Crippen LogP contribution in [0.15, 0.2) is 0 Å². The Morgan fingerprint density at radius 3 is 0.956 bits per heavy atom. The predicted octanol–water partition coefficient (Wildman–Crippen LogP) is -9.91.